The van der Waals surface area contributed by atoms with Crippen LogP contribution in [-0.4, -0.2) is 16.8 Å². The number of alkyl halides is 3. The predicted molar refractivity (Wildman–Crippen MR) is 101 cm³/mol. The number of fused-ring (bicyclic) bond motifs is 1. The molecule has 0 spiro atoms. The van der Waals surface area contributed by atoms with E-state index in [4.69, 9.17) is 25.8 Å². The van der Waals surface area contributed by atoms with E-state index in [0.29, 0.717) is 22.3 Å². The van der Waals surface area contributed by atoms with Gasteiger partial charge in [0.2, 0.25) is 12.7 Å². The second-order valence-corrected chi connectivity index (χ2v) is 7.29. The third kappa shape index (κ3) is 4.86. The van der Waals surface area contributed by atoms with Crippen molar-refractivity contribution in [1.29, 1.82) is 0 Å². The highest BCUT2D eigenvalue weighted by atomic mass is 35.5. The molecule has 0 atom stereocenters. The molecule has 0 radical (unpaired) electrons. The maximum absolute atomic E-state index is 13.3. The highest BCUT2D eigenvalue weighted by Gasteiger charge is 2.34. The van der Waals surface area contributed by atoms with Crippen LogP contribution in [0, 0.1) is 0 Å². The van der Waals surface area contributed by atoms with Crippen LogP contribution in [0.3, 0.4) is 0 Å². The molecule has 10 heteroatoms. The van der Waals surface area contributed by atoms with Crippen LogP contribution in [0.4, 0.5) is 13.2 Å². The average molecular weight is 441 g/mol. The van der Waals surface area contributed by atoms with Crippen LogP contribution in [-0.2, 0) is 11.9 Å². The van der Waals surface area contributed by atoms with Gasteiger partial charge in [-0.25, -0.2) is 4.98 Å². The van der Waals surface area contributed by atoms with Gasteiger partial charge in [-0.15, -0.1) is 0 Å². The highest BCUT2D eigenvalue weighted by molar-refractivity contribution is 7.98. The van der Waals surface area contributed by atoms with Crippen molar-refractivity contribution in [3.05, 3.63) is 64.8 Å². The standard InChI is InChI=1S/C19H12ClF3N2O3S/c20-12-3-1-2-11(6-12)9-29-18-24-16(19(21,22)23)8-17(25-18)28-13-4-5-14-15(7-13)27-10-26-14/h1-8H,9-10H2. The van der Waals surface area contributed by atoms with Crippen LogP contribution in [0.15, 0.2) is 53.7 Å². The summed E-state index contributed by atoms with van der Waals surface area (Å²) >= 11 is 6.99. The Labute approximate surface area is 172 Å². The number of rotatable bonds is 5. The molecule has 2 aromatic carbocycles. The normalized spacial score (nSPS) is 12.8. The number of benzene rings is 2. The van der Waals surface area contributed by atoms with E-state index in [2.05, 4.69) is 9.97 Å². The first-order valence-corrected chi connectivity index (χ1v) is 9.64. The molecule has 0 saturated carbocycles. The zero-order valence-corrected chi connectivity index (χ0v) is 16.1. The largest absolute Gasteiger partial charge is 0.454 e. The lowest BCUT2D eigenvalue weighted by Gasteiger charge is -2.11. The summed E-state index contributed by atoms with van der Waals surface area (Å²) in [6.07, 6.45) is -4.64. The van der Waals surface area contributed by atoms with Gasteiger partial charge in [-0.3, -0.25) is 0 Å². The number of aromatic nitrogens is 2. The van der Waals surface area contributed by atoms with Crippen LogP contribution < -0.4 is 14.2 Å². The number of hydrogen-bond donors (Lipinski definition) is 0. The Balaban J connectivity index is 1.58. The molecule has 0 fully saturated rings. The molecule has 0 N–H and O–H groups in total. The summed E-state index contributed by atoms with van der Waals surface area (Å²) < 4.78 is 55.8. The lowest BCUT2D eigenvalue weighted by atomic mass is 10.2. The summed E-state index contributed by atoms with van der Waals surface area (Å²) in [4.78, 5) is 7.71. The van der Waals surface area contributed by atoms with E-state index in [9.17, 15) is 13.2 Å². The summed E-state index contributed by atoms with van der Waals surface area (Å²) in [6, 6.07) is 12.5. The van der Waals surface area contributed by atoms with Gasteiger partial charge in [0.25, 0.3) is 0 Å². The van der Waals surface area contributed by atoms with E-state index in [1.807, 2.05) is 6.07 Å². The van der Waals surface area contributed by atoms with E-state index in [1.54, 1.807) is 30.3 Å². The summed E-state index contributed by atoms with van der Waals surface area (Å²) in [5, 5.41) is 0.482. The van der Waals surface area contributed by atoms with Gasteiger partial charge in [0.1, 0.15) is 5.75 Å². The fraction of sp³-hybridized carbons (Fsp3) is 0.158. The minimum Gasteiger partial charge on any atom is -0.454 e. The van der Waals surface area contributed by atoms with E-state index in [1.165, 1.54) is 6.07 Å². The Morgan fingerprint density at radius 1 is 1.03 bits per heavy atom. The second-order valence-electron chi connectivity index (χ2n) is 5.91. The first-order chi connectivity index (χ1) is 13.9. The highest BCUT2D eigenvalue weighted by Crippen LogP contribution is 2.38. The van der Waals surface area contributed by atoms with Crippen molar-refractivity contribution in [2.75, 3.05) is 6.79 Å². The monoisotopic (exact) mass is 440 g/mol. The molecule has 5 nitrogen and oxygen atoms in total. The van der Waals surface area contributed by atoms with Crippen molar-refractivity contribution >= 4 is 23.4 Å². The fourth-order valence-electron chi connectivity index (χ4n) is 2.50. The number of hydrogen-bond acceptors (Lipinski definition) is 6. The van der Waals surface area contributed by atoms with Gasteiger partial charge in [0.15, 0.2) is 22.3 Å². The van der Waals surface area contributed by atoms with Crippen LogP contribution >= 0.6 is 23.4 Å². The van der Waals surface area contributed by atoms with Gasteiger partial charge in [-0.2, -0.15) is 18.2 Å². The van der Waals surface area contributed by atoms with E-state index in [0.717, 1.165) is 23.4 Å². The minimum atomic E-state index is -4.64. The number of nitrogens with zero attached hydrogens (tertiary/aromatic N) is 2. The van der Waals surface area contributed by atoms with Crippen molar-refractivity contribution in [1.82, 2.24) is 9.97 Å². The molecular formula is C19H12ClF3N2O3S. The van der Waals surface area contributed by atoms with E-state index >= 15 is 0 Å². The Morgan fingerprint density at radius 2 is 1.86 bits per heavy atom. The lowest BCUT2D eigenvalue weighted by Crippen LogP contribution is -2.10. The molecule has 0 saturated heterocycles. The zero-order chi connectivity index (χ0) is 20.4. The average Bonchev–Trinajstić information content (AvgIpc) is 3.13. The van der Waals surface area contributed by atoms with Gasteiger partial charge >= 0.3 is 6.18 Å². The van der Waals surface area contributed by atoms with Crippen molar-refractivity contribution in [3.8, 4) is 23.1 Å². The molecule has 150 valence electrons. The van der Waals surface area contributed by atoms with Crippen LogP contribution in [0.2, 0.25) is 5.02 Å². The molecule has 4 rings (SSSR count). The Kier molecular flexibility index (Phi) is 5.42. The molecule has 0 bridgehead atoms. The molecule has 0 amide bonds. The third-order valence-electron chi connectivity index (χ3n) is 3.80. The van der Waals surface area contributed by atoms with E-state index in [-0.39, 0.29) is 23.6 Å². The molecule has 2 heterocycles. The van der Waals surface area contributed by atoms with Crippen molar-refractivity contribution in [2.45, 2.75) is 17.1 Å². The summed E-state index contributed by atoms with van der Waals surface area (Å²) in [7, 11) is 0. The second kappa shape index (κ2) is 8.00. The first kappa shape index (κ1) is 19.7. The van der Waals surface area contributed by atoms with Crippen LogP contribution in [0.5, 0.6) is 23.1 Å². The molecule has 1 aromatic heterocycles. The summed E-state index contributed by atoms with van der Waals surface area (Å²) in [5.74, 6) is 1.38. The summed E-state index contributed by atoms with van der Waals surface area (Å²) in [5.41, 5.74) is -0.251. The van der Waals surface area contributed by atoms with Crippen molar-refractivity contribution in [3.63, 3.8) is 0 Å². The molecule has 0 aliphatic carbocycles. The molecule has 3 aromatic rings. The lowest BCUT2D eigenvalue weighted by molar-refractivity contribution is -0.141. The molecular weight excluding hydrogens is 429 g/mol. The predicted octanol–water partition coefficient (Wildman–Crippen LogP) is 5.96. The fourth-order valence-corrected chi connectivity index (χ4v) is 3.51. The van der Waals surface area contributed by atoms with Gasteiger partial charge in [0, 0.05) is 22.9 Å². The molecule has 1 aliphatic heterocycles. The molecule has 29 heavy (non-hydrogen) atoms. The van der Waals surface area contributed by atoms with E-state index < -0.39 is 11.9 Å². The van der Waals surface area contributed by atoms with Crippen molar-refractivity contribution < 1.29 is 27.4 Å². The molecule has 1 aliphatic rings. The van der Waals surface area contributed by atoms with Gasteiger partial charge in [-0.05, 0) is 29.8 Å². The Hall–Kier alpha value is -2.65. The summed E-state index contributed by atoms with van der Waals surface area (Å²) in [6.45, 7) is 0.0782. The third-order valence-corrected chi connectivity index (χ3v) is 4.95. The van der Waals surface area contributed by atoms with Gasteiger partial charge in [0.05, 0.1) is 0 Å². The smallest absolute Gasteiger partial charge is 0.433 e. The van der Waals surface area contributed by atoms with Gasteiger partial charge in [-0.1, -0.05) is 35.5 Å². The molecule has 0 unspecified atom stereocenters. The number of thioether (sulfide) groups is 1. The Morgan fingerprint density at radius 3 is 2.66 bits per heavy atom. The maximum atomic E-state index is 13.3. The van der Waals surface area contributed by atoms with Gasteiger partial charge < -0.3 is 14.2 Å². The Bertz CT molecular complexity index is 1050. The first-order valence-electron chi connectivity index (χ1n) is 8.28. The van der Waals surface area contributed by atoms with Crippen LogP contribution in [0.25, 0.3) is 0 Å². The maximum Gasteiger partial charge on any atom is 0.433 e. The quantitative estimate of drug-likeness (QED) is 0.360. The van der Waals surface area contributed by atoms with Crippen molar-refractivity contribution in [2.24, 2.45) is 0 Å². The zero-order valence-electron chi connectivity index (χ0n) is 14.6. The van der Waals surface area contributed by atoms with Crippen LogP contribution in [0.1, 0.15) is 11.3 Å². The minimum absolute atomic E-state index is 0.0597. The SMILES string of the molecule is FC(F)(F)c1cc(Oc2ccc3c(c2)OCO3)nc(SCc2cccc(Cl)c2)n1. The number of ether oxygens (including phenoxy) is 3. The topological polar surface area (TPSA) is 53.5 Å². The number of halogens is 4.